The average Bonchev–Trinajstić information content (AvgIpc) is 2.63. The predicted molar refractivity (Wildman–Crippen MR) is 58.4 cm³/mol. The summed E-state index contributed by atoms with van der Waals surface area (Å²) in [6.07, 6.45) is -0.696. The zero-order valence-corrected chi connectivity index (χ0v) is 10.2. The molecule has 0 heterocycles. The topological polar surface area (TPSA) is 66.8 Å². The van der Waals surface area contributed by atoms with E-state index in [4.69, 9.17) is 9.84 Å². The van der Waals surface area contributed by atoms with E-state index < -0.39 is 36.7 Å². The molecule has 0 bridgehead atoms. The molecule has 0 saturated heterocycles. The number of carbonyl (C=O) groups is 2. The summed E-state index contributed by atoms with van der Waals surface area (Å²) in [5.41, 5.74) is 0. The number of nitrogens with zero attached hydrogens (tertiary/aromatic N) is 1. The Bertz CT molecular complexity index is 322. The van der Waals surface area contributed by atoms with Crippen molar-refractivity contribution in [2.75, 3.05) is 26.8 Å². The van der Waals surface area contributed by atoms with E-state index in [-0.39, 0.29) is 26.0 Å². The van der Waals surface area contributed by atoms with Crippen molar-refractivity contribution in [3.63, 3.8) is 0 Å². The summed E-state index contributed by atoms with van der Waals surface area (Å²) in [5.74, 6) is -5.27. The molecule has 0 aromatic rings. The lowest BCUT2D eigenvalue weighted by Gasteiger charge is -2.23. The summed E-state index contributed by atoms with van der Waals surface area (Å²) in [6.45, 7) is -0.198. The van der Waals surface area contributed by atoms with Crippen LogP contribution >= 0.6 is 0 Å². The summed E-state index contributed by atoms with van der Waals surface area (Å²) in [6, 6.07) is 0. The number of alkyl halides is 2. The second kappa shape index (κ2) is 6.08. The van der Waals surface area contributed by atoms with Gasteiger partial charge in [-0.1, -0.05) is 0 Å². The fraction of sp³-hybridized carbons (Fsp3) is 0.818. The Balaban J connectivity index is 2.61. The Morgan fingerprint density at radius 1 is 1.50 bits per heavy atom. The fourth-order valence-corrected chi connectivity index (χ4v) is 2.05. The molecular weight excluding hydrogens is 248 g/mol. The van der Waals surface area contributed by atoms with Crippen molar-refractivity contribution in [3.05, 3.63) is 0 Å². The third kappa shape index (κ3) is 4.21. The molecule has 0 radical (unpaired) electrons. The van der Waals surface area contributed by atoms with Gasteiger partial charge in [-0.3, -0.25) is 9.59 Å². The fourth-order valence-electron chi connectivity index (χ4n) is 2.05. The molecule has 1 atom stereocenters. The van der Waals surface area contributed by atoms with E-state index in [0.29, 0.717) is 0 Å². The van der Waals surface area contributed by atoms with Crippen LogP contribution in [0.3, 0.4) is 0 Å². The van der Waals surface area contributed by atoms with Crippen LogP contribution in [0.2, 0.25) is 0 Å². The molecule has 0 aromatic heterocycles. The Labute approximate surface area is 104 Å². The molecule has 1 fully saturated rings. The van der Waals surface area contributed by atoms with E-state index in [0.717, 1.165) is 4.90 Å². The Morgan fingerprint density at radius 2 is 2.17 bits per heavy atom. The first-order chi connectivity index (χ1) is 8.35. The molecule has 0 spiro atoms. The van der Waals surface area contributed by atoms with Crippen LogP contribution in [-0.4, -0.2) is 54.6 Å². The predicted octanol–water partition coefficient (Wildman–Crippen LogP) is 0.981. The first-order valence-corrected chi connectivity index (χ1v) is 5.73. The first kappa shape index (κ1) is 14.8. The standard InChI is InChI=1S/C11H17F2NO4/c1-18-5-4-14(7-9(15)16)10(17)8-2-3-11(12,13)6-8/h8H,2-7H2,1H3,(H,15,16). The molecule has 5 nitrogen and oxygen atoms in total. The maximum atomic E-state index is 13.0. The quantitative estimate of drug-likeness (QED) is 0.777. The van der Waals surface area contributed by atoms with E-state index in [2.05, 4.69) is 0 Å². The lowest BCUT2D eigenvalue weighted by Crippen LogP contribution is -2.41. The summed E-state index contributed by atoms with van der Waals surface area (Å²) in [7, 11) is 1.42. The van der Waals surface area contributed by atoms with E-state index in [1.807, 2.05) is 0 Å². The van der Waals surface area contributed by atoms with E-state index in [1.54, 1.807) is 0 Å². The van der Waals surface area contributed by atoms with Gasteiger partial charge in [0.1, 0.15) is 6.54 Å². The van der Waals surface area contributed by atoms with Crippen LogP contribution in [0, 0.1) is 5.92 Å². The summed E-state index contributed by atoms with van der Waals surface area (Å²) in [5, 5.41) is 8.69. The average molecular weight is 265 g/mol. The lowest BCUT2D eigenvalue weighted by molar-refractivity contribution is -0.147. The van der Waals surface area contributed by atoms with Gasteiger partial charge in [-0.15, -0.1) is 0 Å². The summed E-state index contributed by atoms with van der Waals surface area (Å²) < 4.78 is 30.8. The maximum absolute atomic E-state index is 13.0. The minimum absolute atomic E-state index is 0.101. The molecule has 1 amide bonds. The number of carbonyl (C=O) groups excluding carboxylic acids is 1. The van der Waals surface area contributed by atoms with Gasteiger partial charge in [0.15, 0.2) is 0 Å². The van der Waals surface area contributed by atoms with Crippen LogP contribution in [0.4, 0.5) is 8.78 Å². The Kier molecular flexibility index (Phi) is 5.01. The van der Waals surface area contributed by atoms with Crippen molar-refractivity contribution in [3.8, 4) is 0 Å². The molecule has 1 N–H and O–H groups in total. The number of ether oxygens (including phenoxy) is 1. The second-order valence-corrected chi connectivity index (χ2v) is 4.44. The molecular formula is C11H17F2NO4. The Morgan fingerprint density at radius 3 is 2.61 bits per heavy atom. The monoisotopic (exact) mass is 265 g/mol. The van der Waals surface area contributed by atoms with Crippen molar-refractivity contribution in [2.24, 2.45) is 5.92 Å². The molecule has 1 rings (SSSR count). The van der Waals surface area contributed by atoms with Gasteiger partial charge >= 0.3 is 5.97 Å². The zero-order chi connectivity index (χ0) is 13.8. The normalized spacial score (nSPS) is 21.8. The third-order valence-electron chi connectivity index (χ3n) is 2.96. The van der Waals surface area contributed by atoms with Crippen LogP contribution in [0.1, 0.15) is 19.3 Å². The molecule has 1 aliphatic rings. The number of methoxy groups -OCH3 is 1. The van der Waals surface area contributed by atoms with Crippen LogP contribution in [0.15, 0.2) is 0 Å². The van der Waals surface area contributed by atoms with Crippen molar-refractivity contribution >= 4 is 11.9 Å². The van der Waals surface area contributed by atoms with Gasteiger partial charge < -0.3 is 14.7 Å². The number of carboxylic acids is 1. The lowest BCUT2D eigenvalue weighted by atomic mass is 10.1. The van der Waals surface area contributed by atoms with Crippen LogP contribution in [-0.2, 0) is 14.3 Å². The van der Waals surface area contributed by atoms with Crippen LogP contribution in [0.5, 0.6) is 0 Å². The van der Waals surface area contributed by atoms with Gasteiger partial charge in [0.25, 0.3) is 0 Å². The highest BCUT2D eigenvalue weighted by Crippen LogP contribution is 2.39. The van der Waals surface area contributed by atoms with Crippen LogP contribution in [0.25, 0.3) is 0 Å². The number of hydrogen-bond acceptors (Lipinski definition) is 3. The van der Waals surface area contributed by atoms with E-state index in [1.165, 1.54) is 7.11 Å². The molecule has 0 aliphatic heterocycles. The van der Waals surface area contributed by atoms with Gasteiger partial charge in [-0.2, -0.15) is 0 Å². The number of hydrogen-bond donors (Lipinski definition) is 1. The van der Waals surface area contributed by atoms with Crippen molar-refractivity contribution < 1.29 is 28.2 Å². The number of amides is 1. The van der Waals surface area contributed by atoms with Crippen LogP contribution < -0.4 is 0 Å². The maximum Gasteiger partial charge on any atom is 0.323 e. The molecule has 18 heavy (non-hydrogen) atoms. The smallest absolute Gasteiger partial charge is 0.323 e. The number of halogens is 2. The highest BCUT2D eigenvalue weighted by Gasteiger charge is 2.43. The van der Waals surface area contributed by atoms with Gasteiger partial charge in [-0.25, -0.2) is 8.78 Å². The molecule has 0 aromatic carbocycles. The van der Waals surface area contributed by atoms with Crippen molar-refractivity contribution in [2.45, 2.75) is 25.2 Å². The van der Waals surface area contributed by atoms with Crippen molar-refractivity contribution in [1.82, 2.24) is 4.90 Å². The van der Waals surface area contributed by atoms with Gasteiger partial charge in [-0.05, 0) is 6.42 Å². The number of aliphatic carboxylic acids is 1. The second-order valence-electron chi connectivity index (χ2n) is 4.44. The third-order valence-corrected chi connectivity index (χ3v) is 2.96. The van der Waals surface area contributed by atoms with E-state index in [9.17, 15) is 18.4 Å². The molecule has 1 unspecified atom stereocenters. The number of rotatable bonds is 6. The minimum Gasteiger partial charge on any atom is -0.480 e. The highest BCUT2D eigenvalue weighted by atomic mass is 19.3. The SMILES string of the molecule is COCCN(CC(=O)O)C(=O)C1CCC(F)(F)C1. The molecule has 104 valence electrons. The van der Waals surface area contributed by atoms with E-state index >= 15 is 0 Å². The van der Waals surface area contributed by atoms with Crippen molar-refractivity contribution in [1.29, 1.82) is 0 Å². The molecule has 7 heteroatoms. The molecule has 1 aliphatic carbocycles. The summed E-state index contributed by atoms with van der Waals surface area (Å²) >= 11 is 0. The van der Waals surface area contributed by atoms with Gasteiger partial charge in [0.05, 0.1) is 6.61 Å². The highest BCUT2D eigenvalue weighted by molar-refractivity contribution is 5.83. The van der Waals surface area contributed by atoms with Gasteiger partial charge in [0.2, 0.25) is 11.8 Å². The van der Waals surface area contributed by atoms with Gasteiger partial charge in [0, 0.05) is 32.4 Å². The zero-order valence-electron chi connectivity index (χ0n) is 10.2. The summed E-state index contributed by atoms with van der Waals surface area (Å²) in [4.78, 5) is 23.7. The molecule has 1 saturated carbocycles. The first-order valence-electron chi connectivity index (χ1n) is 5.73. The minimum atomic E-state index is -2.81. The Hall–Kier alpha value is -1.24. The number of carboxylic acid groups (broad SMARTS) is 1. The largest absolute Gasteiger partial charge is 0.480 e.